The number of methoxy groups -OCH3 is 4. The zero-order valence-electron chi connectivity index (χ0n) is 32.2. The summed E-state index contributed by atoms with van der Waals surface area (Å²) >= 11 is 0. The first-order valence-corrected chi connectivity index (χ1v) is 16.3. The largest absolute Gasteiger partial charge is 0.504 e. The summed E-state index contributed by atoms with van der Waals surface area (Å²) in [7, 11) is 6.10. The van der Waals surface area contributed by atoms with Crippen LogP contribution >= 0.6 is 0 Å². The molecule has 2 radical (unpaired) electrons. The van der Waals surface area contributed by atoms with E-state index in [0.29, 0.717) is 23.0 Å². The van der Waals surface area contributed by atoms with Gasteiger partial charge in [-0.05, 0) is 132 Å². The van der Waals surface area contributed by atoms with Gasteiger partial charge >= 0.3 is 0 Å². The van der Waals surface area contributed by atoms with Crippen LogP contribution in [0.25, 0.3) is 24.3 Å². The van der Waals surface area contributed by atoms with E-state index in [1.807, 2.05) is 101 Å². The van der Waals surface area contributed by atoms with Crippen LogP contribution < -0.4 is 18.9 Å². The summed E-state index contributed by atoms with van der Waals surface area (Å²) in [6.07, 6.45) is 15.2. The van der Waals surface area contributed by atoms with Gasteiger partial charge in [-0.1, -0.05) is 61.8 Å². The summed E-state index contributed by atoms with van der Waals surface area (Å²) in [5, 5.41) is 39.6. The summed E-state index contributed by atoms with van der Waals surface area (Å²) in [6.45, 7) is 15.3. The van der Waals surface area contributed by atoms with E-state index < -0.39 is 0 Å². The second-order valence-corrected chi connectivity index (χ2v) is 12.0. The monoisotopic (exact) mass is 882 g/mol. The van der Waals surface area contributed by atoms with Gasteiger partial charge in [-0.2, -0.15) is 0 Å². The van der Waals surface area contributed by atoms with Crippen molar-refractivity contribution in [1.29, 1.82) is 0 Å². The molecule has 0 saturated heterocycles. The number of ether oxygens (including phenoxy) is 4. The first kappa shape index (κ1) is 47.9. The second-order valence-electron chi connectivity index (χ2n) is 12.0. The zero-order valence-corrected chi connectivity index (χ0v) is 37.9. The molecule has 4 aromatic rings. The fraction of sp³-hybridized carbons (Fsp3) is 0.182. The zero-order chi connectivity index (χ0) is 38.5. The Kier molecular flexibility index (Phi) is 20.4. The molecule has 0 amide bonds. The van der Waals surface area contributed by atoms with Crippen LogP contribution in [0.4, 0.5) is 0 Å². The maximum atomic E-state index is 9.89. The first-order valence-electron chi connectivity index (χ1n) is 16.3. The van der Waals surface area contributed by atoms with E-state index >= 15 is 0 Å². The third-order valence-electron chi connectivity index (χ3n) is 7.99. The third kappa shape index (κ3) is 13.7. The molecule has 0 heterocycles. The van der Waals surface area contributed by atoms with Crippen molar-refractivity contribution in [3.8, 4) is 46.0 Å². The van der Waals surface area contributed by atoms with Gasteiger partial charge in [0.1, 0.15) is 0 Å². The van der Waals surface area contributed by atoms with Gasteiger partial charge in [0, 0.05) is 65.4 Å². The van der Waals surface area contributed by atoms with Crippen LogP contribution in [0.3, 0.4) is 0 Å². The topological polar surface area (TPSA) is 118 Å². The molecule has 0 bridgehead atoms. The number of rotatable bonds is 12. The minimum absolute atomic E-state index is 0. The molecular weight excluding hydrogens is 834 g/mol. The number of aryl methyl sites for hydroxylation is 4. The molecule has 8 nitrogen and oxygen atoms in total. The SMILES string of the molecule is C=C(/C=C/c1cc(C)c(O)c(OC)c1)/C=C/c1cc(C)c(O)c(OC)c1.C=C(/C=C/c1cc(C)c(O)c(OC)c1)/C=C/c1cc(C)c(O)c(OC)c1.[Y].[Y]. The van der Waals surface area contributed by atoms with Crippen molar-refractivity contribution in [2.24, 2.45) is 0 Å². The summed E-state index contributed by atoms with van der Waals surface area (Å²) in [5.74, 6) is 2.38. The number of aromatic hydroxyl groups is 4. The van der Waals surface area contributed by atoms with E-state index in [2.05, 4.69) is 13.2 Å². The average molecular weight is 883 g/mol. The van der Waals surface area contributed by atoms with Crippen molar-refractivity contribution in [2.45, 2.75) is 27.7 Å². The maximum Gasteiger partial charge on any atom is 0.161 e. The molecule has 0 spiro atoms. The Hall–Kier alpha value is -4.07. The van der Waals surface area contributed by atoms with Crippen molar-refractivity contribution >= 4 is 24.3 Å². The molecule has 4 aromatic carbocycles. The first-order chi connectivity index (χ1) is 24.7. The van der Waals surface area contributed by atoms with E-state index in [4.69, 9.17) is 18.9 Å². The van der Waals surface area contributed by atoms with Crippen LogP contribution in [-0.4, -0.2) is 48.9 Å². The van der Waals surface area contributed by atoms with E-state index in [9.17, 15) is 20.4 Å². The molecule has 4 rings (SSSR count). The van der Waals surface area contributed by atoms with Gasteiger partial charge in [0.25, 0.3) is 0 Å². The molecule has 0 aromatic heterocycles. The molecule has 54 heavy (non-hydrogen) atoms. The molecule has 0 aliphatic heterocycles. The van der Waals surface area contributed by atoms with Crippen LogP contribution in [0.1, 0.15) is 44.5 Å². The molecule has 4 N–H and O–H groups in total. The number of phenolic OH excluding ortho intramolecular Hbond substituents is 4. The van der Waals surface area contributed by atoms with Crippen LogP contribution in [0.2, 0.25) is 0 Å². The van der Waals surface area contributed by atoms with E-state index in [1.165, 1.54) is 28.4 Å². The molecule has 0 atom stereocenters. The molecule has 0 unspecified atom stereocenters. The minimum atomic E-state index is 0. The molecule has 278 valence electrons. The molecular formula is C44H48O8Y2. The number of hydrogen-bond donors (Lipinski definition) is 4. The molecule has 0 aliphatic carbocycles. The van der Waals surface area contributed by atoms with E-state index in [-0.39, 0.29) is 88.4 Å². The predicted octanol–water partition coefficient (Wildman–Crippen LogP) is 10.0. The normalized spacial score (nSPS) is 10.8. The second kappa shape index (κ2) is 23.0. The maximum absolute atomic E-state index is 9.89. The average Bonchev–Trinajstić information content (AvgIpc) is 3.13. The van der Waals surface area contributed by atoms with Crippen LogP contribution in [0.5, 0.6) is 46.0 Å². The standard InChI is InChI=1S/2C22H24O4.2Y/c2*1-14(6-8-17-10-15(2)21(23)19(12-17)25-4)7-9-18-11-16(3)22(24)20(13-18)26-5;;/h2*6-13,23-24H,1H2,2-5H3;;/b2*8-6+,9-7+;;. The van der Waals surface area contributed by atoms with Crippen molar-refractivity contribution in [2.75, 3.05) is 28.4 Å². The Morgan fingerprint density at radius 1 is 0.407 bits per heavy atom. The third-order valence-corrected chi connectivity index (χ3v) is 7.99. The Morgan fingerprint density at radius 3 is 0.759 bits per heavy atom. The fourth-order valence-electron chi connectivity index (χ4n) is 5.03. The van der Waals surface area contributed by atoms with Gasteiger partial charge in [-0.3, -0.25) is 0 Å². The van der Waals surface area contributed by atoms with Crippen molar-refractivity contribution < 1.29 is 105 Å². The van der Waals surface area contributed by atoms with Crippen LogP contribution in [-0.2, 0) is 65.4 Å². The Bertz CT molecular complexity index is 1770. The van der Waals surface area contributed by atoms with Crippen molar-refractivity contribution in [3.63, 3.8) is 0 Å². The summed E-state index contributed by atoms with van der Waals surface area (Å²) in [6, 6.07) is 14.6. The smallest absolute Gasteiger partial charge is 0.161 e. The van der Waals surface area contributed by atoms with Gasteiger partial charge in [-0.25, -0.2) is 0 Å². The van der Waals surface area contributed by atoms with Gasteiger partial charge in [-0.15, -0.1) is 0 Å². The predicted molar refractivity (Wildman–Crippen MR) is 212 cm³/mol. The van der Waals surface area contributed by atoms with E-state index in [1.54, 1.807) is 24.3 Å². The summed E-state index contributed by atoms with van der Waals surface area (Å²) in [5.41, 5.74) is 8.24. The summed E-state index contributed by atoms with van der Waals surface area (Å²) < 4.78 is 20.7. The van der Waals surface area contributed by atoms with Crippen molar-refractivity contribution in [1.82, 2.24) is 0 Å². The molecule has 10 heteroatoms. The number of hydrogen-bond acceptors (Lipinski definition) is 8. The van der Waals surface area contributed by atoms with E-state index in [0.717, 1.165) is 55.7 Å². The minimum Gasteiger partial charge on any atom is -0.504 e. The van der Waals surface area contributed by atoms with Gasteiger partial charge in [0.05, 0.1) is 28.4 Å². The van der Waals surface area contributed by atoms with Gasteiger partial charge < -0.3 is 39.4 Å². The van der Waals surface area contributed by atoms with Crippen molar-refractivity contribution in [3.05, 3.63) is 142 Å². The number of allylic oxidation sites excluding steroid dienone is 6. The molecule has 0 aliphatic rings. The Morgan fingerprint density at radius 2 is 0.593 bits per heavy atom. The van der Waals surface area contributed by atoms with Crippen LogP contribution in [0.15, 0.2) is 97.1 Å². The fourth-order valence-corrected chi connectivity index (χ4v) is 5.03. The van der Waals surface area contributed by atoms with Gasteiger partial charge in [0.15, 0.2) is 46.0 Å². The number of benzene rings is 4. The molecule has 0 saturated carbocycles. The molecule has 0 fully saturated rings. The summed E-state index contributed by atoms with van der Waals surface area (Å²) in [4.78, 5) is 0. The van der Waals surface area contributed by atoms with Crippen LogP contribution in [0, 0.1) is 27.7 Å². The quantitative estimate of drug-likeness (QED) is 0.104. The van der Waals surface area contributed by atoms with Gasteiger partial charge in [0.2, 0.25) is 0 Å². The number of phenols is 4. The Labute approximate surface area is 369 Å². The Balaban J connectivity index is 0.000000521.